The highest BCUT2D eigenvalue weighted by Crippen LogP contribution is 2.25. The molecule has 0 saturated carbocycles. The summed E-state index contributed by atoms with van der Waals surface area (Å²) in [7, 11) is 0. The zero-order valence-corrected chi connectivity index (χ0v) is 15.2. The topological polar surface area (TPSA) is 49.3 Å². The van der Waals surface area contributed by atoms with Crippen LogP contribution >= 0.6 is 38.5 Å². The van der Waals surface area contributed by atoms with Gasteiger partial charge in [0.1, 0.15) is 5.75 Å². The summed E-state index contributed by atoms with van der Waals surface area (Å²) in [5, 5.41) is 13.3. The number of amides is 1. The number of carbonyl (C=O) groups excluding carboxylic acids is 1. The van der Waals surface area contributed by atoms with E-state index in [0.29, 0.717) is 10.9 Å². The minimum absolute atomic E-state index is 0.114. The molecule has 0 bridgehead atoms. The van der Waals surface area contributed by atoms with E-state index < -0.39 is 5.54 Å². The van der Waals surface area contributed by atoms with E-state index in [1.54, 1.807) is 12.1 Å². The molecule has 1 atom stereocenters. The lowest BCUT2D eigenvalue weighted by Gasteiger charge is -2.29. The highest BCUT2D eigenvalue weighted by molar-refractivity contribution is 14.1. The van der Waals surface area contributed by atoms with E-state index in [1.807, 2.05) is 59.8 Å². The number of aromatic hydroxyl groups is 1. The van der Waals surface area contributed by atoms with Gasteiger partial charge in [-0.2, -0.15) is 0 Å². The molecule has 0 spiro atoms. The van der Waals surface area contributed by atoms with Gasteiger partial charge in [0.15, 0.2) is 0 Å². The minimum Gasteiger partial charge on any atom is -0.507 e. The van der Waals surface area contributed by atoms with Crippen LogP contribution in [-0.2, 0) is 5.54 Å². The third-order valence-electron chi connectivity index (χ3n) is 3.28. The van der Waals surface area contributed by atoms with Crippen LogP contribution in [0.5, 0.6) is 5.75 Å². The van der Waals surface area contributed by atoms with Crippen molar-refractivity contribution in [1.82, 2.24) is 5.32 Å². The molecule has 1 unspecified atom stereocenters. The van der Waals surface area contributed by atoms with Gasteiger partial charge in [-0.25, -0.2) is 0 Å². The third-order valence-corrected chi connectivity index (χ3v) is 5.31. The number of rotatable bonds is 4. The van der Waals surface area contributed by atoms with E-state index in [9.17, 15) is 9.90 Å². The van der Waals surface area contributed by atoms with E-state index in [-0.39, 0.29) is 11.7 Å². The summed E-state index contributed by atoms with van der Waals surface area (Å²) in [6.45, 7) is 1.96. The number of phenols is 1. The molecule has 21 heavy (non-hydrogen) atoms. The first kappa shape index (κ1) is 16.3. The fraction of sp³-hybridized carbons (Fsp3) is 0.188. The average Bonchev–Trinajstić information content (AvgIpc) is 2.50. The summed E-state index contributed by atoms with van der Waals surface area (Å²) < 4.78 is 0.718. The van der Waals surface area contributed by atoms with Gasteiger partial charge in [-0.1, -0.05) is 46.3 Å². The van der Waals surface area contributed by atoms with Crippen molar-refractivity contribution in [2.24, 2.45) is 0 Å². The van der Waals surface area contributed by atoms with Crippen molar-refractivity contribution in [2.45, 2.75) is 12.5 Å². The first-order valence-electron chi connectivity index (χ1n) is 6.39. The number of hydrogen-bond donors (Lipinski definition) is 2. The molecule has 1 amide bonds. The Kier molecular flexibility index (Phi) is 5.27. The molecule has 2 rings (SSSR count). The number of alkyl halides is 1. The van der Waals surface area contributed by atoms with Gasteiger partial charge in [-0.05, 0) is 53.3 Å². The van der Waals surface area contributed by atoms with Crippen LogP contribution in [0.2, 0.25) is 0 Å². The smallest absolute Gasteiger partial charge is 0.252 e. The van der Waals surface area contributed by atoms with Crippen LogP contribution in [-0.4, -0.2) is 16.3 Å². The lowest BCUT2D eigenvalue weighted by molar-refractivity contribution is 0.0913. The Labute approximate surface area is 146 Å². The van der Waals surface area contributed by atoms with Crippen molar-refractivity contribution in [3.8, 4) is 5.75 Å². The van der Waals surface area contributed by atoms with Crippen LogP contribution in [0.15, 0.2) is 48.5 Å². The summed E-state index contributed by atoms with van der Waals surface area (Å²) >= 11 is 5.49. The molecule has 0 aliphatic heterocycles. The molecule has 0 aliphatic rings. The molecule has 2 aromatic rings. The van der Waals surface area contributed by atoms with Crippen LogP contribution in [0.3, 0.4) is 0 Å². The fourth-order valence-electron chi connectivity index (χ4n) is 1.97. The zero-order chi connectivity index (χ0) is 15.5. The highest BCUT2D eigenvalue weighted by Gasteiger charge is 2.27. The summed E-state index contributed by atoms with van der Waals surface area (Å²) in [4.78, 5) is 12.4. The van der Waals surface area contributed by atoms with Gasteiger partial charge >= 0.3 is 0 Å². The van der Waals surface area contributed by atoms with Gasteiger partial charge in [0.25, 0.3) is 5.91 Å². The molecule has 2 N–H and O–H groups in total. The van der Waals surface area contributed by atoms with E-state index in [1.165, 1.54) is 6.07 Å². The number of nitrogens with one attached hydrogen (secondary N) is 1. The van der Waals surface area contributed by atoms with E-state index in [0.717, 1.165) is 9.13 Å². The maximum absolute atomic E-state index is 12.4. The molecule has 0 saturated heterocycles. The van der Waals surface area contributed by atoms with Crippen molar-refractivity contribution in [1.29, 1.82) is 0 Å². The number of phenolic OH excluding ortho intramolecular Hbond substituents is 1. The minimum atomic E-state index is -0.517. The van der Waals surface area contributed by atoms with Crippen LogP contribution in [0.4, 0.5) is 0 Å². The van der Waals surface area contributed by atoms with E-state index >= 15 is 0 Å². The Bertz CT molecular complexity index is 648. The van der Waals surface area contributed by atoms with Crippen molar-refractivity contribution < 1.29 is 9.90 Å². The molecule has 0 fully saturated rings. The third kappa shape index (κ3) is 3.77. The van der Waals surface area contributed by atoms with Crippen molar-refractivity contribution >= 4 is 44.4 Å². The van der Waals surface area contributed by atoms with Crippen molar-refractivity contribution in [3.05, 3.63) is 63.2 Å². The van der Waals surface area contributed by atoms with Crippen LogP contribution in [0, 0.1) is 3.57 Å². The lowest BCUT2D eigenvalue weighted by Crippen LogP contribution is -2.44. The molecule has 110 valence electrons. The van der Waals surface area contributed by atoms with Gasteiger partial charge in [0, 0.05) is 10.9 Å². The maximum atomic E-state index is 12.4. The molecule has 5 heteroatoms. The summed E-state index contributed by atoms with van der Waals surface area (Å²) in [5.74, 6) is -0.101. The van der Waals surface area contributed by atoms with Gasteiger partial charge in [0.2, 0.25) is 0 Å². The largest absolute Gasteiger partial charge is 0.507 e. The second kappa shape index (κ2) is 6.79. The first-order valence-corrected chi connectivity index (χ1v) is 8.59. The Morgan fingerprint density at radius 2 is 1.95 bits per heavy atom. The lowest BCUT2D eigenvalue weighted by atomic mass is 9.94. The van der Waals surface area contributed by atoms with Crippen LogP contribution in [0.25, 0.3) is 0 Å². The van der Waals surface area contributed by atoms with Gasteiger partial charge in [-0.3, -0.25) is 4.79 Å². The van der Waals surface area contributed by atoms with Gasteiger partial charge in [0.05, 0.1) is 9.11 Å². The molecular formula is C16H15BrINO2. The Hall–Kier alpha value is -1.08. The highest BCUT2D eigenvalue weighted by atomic mass is 127. The maximum Gasteiger partial charge on any atom is 0.252 e. The van der Waals surface area contributed by atoms with Crippen molar-refractivity contribution in [3.63, 3.8) is 0 Å². The van der Waals surface area contributed by atoms with E-state index in [2.05, 4.69) is 21.2 Å². The molecule has 3 nitrogen and oxygen atoms in total. The quantitative estimate of drug-likeness (QED) is 0.535. The summed E-state index contributed by atoms with van der Waals surface area (Å²) in [6, 6.07) is 14.7. The van der Waals surface area contributed by atoms with Gasteiger partial charge in [-0.15, -0.1) is 0 Å². The van der Waals surface area contributed by atoms with Crippen LogP contribution < -0.4 is 5.32 Å². The second-order valence-electron chi connectivity index (χ2n) is 4.95. The van der Waals surface area contributed by atoms with E-state index in [4.69, 9.17) is 0 Å². The first-order chi connectivity index (χ1) is 9.96. The predicted octanol–water partition coefficient (Wildman–Crippen LogP) is 4.04. The molecule has 0 radical (unpaired) electrons. The average molecular weight is 460 g/mol. The molecule has 0 aliphatic carbocycles. The molecule has 2 aromatic carbocycles. The second-order valence-corrected chi connectivity index (χ2v) is 6.68. The summed E-state index contributed by atoms with van der Waals surface area (Å²) in [5.41, 5.74) is 0.942. The molecule has 0 heterocycles. The molecule has 0 aromatic heterocycles. The molecular weight excluding hydrogens is 445 g/mol. The normalized spacial score (nSPS) is 13.5. The summed E-state index contributed by atoms with van der Waals surface area (Å²) in [6.07, 6.45) is 0. The van der Waals surface area contributed by atoms with Gasteiger partial charge < -0.3 is 10.4 Å². The van der Waals surface area contributed by atoms with Crippen LogP contribution in [0.1, 0.15) is 22.8 Å². The van der Waals surface area contributed by atoms with Crippen molar-refractivity contribution in [2.75, 3.05) is 5.33 Å². The SMILES string of the molecule is CC(CBr)(NC(=O)c1ccc(I)c(O)c1)c1ccccc1. The monoisotopic (exact) mass is 459 g/mol. The predicted molar refractivity (Wildman–Crippen MR) is 95.9 cm³/mol. The zero-order valence-electron chi connectivity index (χ0n) is 11.4. The Morgan fingerprint density at radius 1 is 1.29 bits per heavy atom. The number of halogens is 2. The number of carbonyl (C=O) groups is 1. The Morgan fingerprint density at radius 3 is 2.52 bits per heavy atom. The Balaban J connectivity index is 2.26. The fourth-order valence-corrected chi connectivity index (χ4v) is 2.76. The standard InChI is InChI=1S/C16H15BrINO2/c1-16(10-17,12-5-3-2-4-6-12)19-15(21)11-7-8-13(18)14(20)9-11/h2-9,20H,10H2,1H3,(H,19,21). The number of benzene rings is 2. The number of hydrogen-bond acceptors (Lipinski definition) is 2.